The van der Waals surface area contributed by atoms with E-state index in [1.807, 2.05) is 0 Å². The predicted octanol–water partition coefficient (Wildman–Crippen LogP) is 3.94. The van der Waals surface area contributed by atoms with Crippen molar-refractivity contribution in [1.29, 1.82) is 0 Å². The van der Waals surface area contributed by atoms with Crippen molar-refractivity contribution in [2.75, 3.05) is 0 Å². The molecule has 0 aromatic rings. The summed E-state index contributed by atoms with van der Waals surface area (Å²) in [6.45, 7) is 7.84. The van der Waals surface area contributed by atoms with Crippen molar-refractivity contribution in [2.24, 2.45) is 5.92 Å². The maximum Gasteiger partial charge on any atom is 0.239 e. The van der Waals surface area contributed by atoms with E-state index in [1.54, 1.807) is 13.0 Å². The van der Waals surface area contributed by atoms with Crippen LogP contribution in [0.5, 0.6) is 0 Å². The van der Waals surface area contributed by atoms with E-state index in [-0.39, 0.29) is 10.6 Å². The lowest BCUT2D eigenvalue weighted by Gasteiger charge is -2.05. The molecule has 0 radical (unpaired) electrons. The predicted molar refractivity (Wildman–Crippen MR) is 63.2 cm³/mol. The van der Waals surface area contributed by atoms with E-state index in [0.29, 0.717) is 5.92 Å². The molecule has 0 fully saturated rings. The van der Waals surface area contributed by atoms with Gasteiger partial charge in [-0.05, 0) is 45.1 Å². The van der Waals surface area contributed by atoms with Crippen LogP contribution in [-0.2, 0) is 0 Å². The van der Waals surface area contributed by atoms with Crippen molar-refractivity contribution in [3.63, 3.8) is 0 Å². The van der Waals surface area contributed by atoms with Crippen LogP contribution in [0.3, 0.4) is 0 Å². The smallest absolute Gasteiger partial charge is 0.239 e. The molecule has 0 saturated carbocycles. The minimum atomic E-state index is -0.331. The van der Waals surface area contributed by atoms with E-state index in [4.69, 9.17) is 0 Å². The summed E-state index contributed by atoms with van der Waals surface area (Å²) < 4.78 is 0. The molecule has 0 heterocycles. The second-order valence-electron chi connectivity index (χ2n) is 4.30. The first kappa shape index (κ1) is 13.9. The van der Waals surface area contributed by atoms with Gasteiger partial charge in [0, 0.05) is 6.92 Å². The van der Waals surface area contributed by atoms with Crippen LogP contribution in [0.1, 0.15) is 47.0 Å². The molecule has 0 bridgehead atoms. The normalized spacial score (nSPS) is 13.5. The van der Waals surface area contributed by atoms with Crippen molar-refractivity contribution >= 4 is 0 Å². The van der Waals surface area contributed by atoms with Crippen LogP contribution in [0.4, 0.5) is 0 Å². The van der Waals surface area contributed by atoms with E-state index in [2.05, 4.69) is 26.8 Å². The van der Waals surface area contributed by atoms with Crippen molar-refractivity contribution in [3.8, 4) is 0 Å². The largest absolute Gasteiger partial charge is 0.259 e. The fourth-order valence-corrected chi connectivity index (χ4v) is 1.22. The molecule has 1 unspecified atom stereocenters. The average molecular weight is 211 g/mol. The summed E-state index contributed by atoms with van der Waals surface area (Å²) in [4.78, 5) is 10.0. The SMILES string of the molecule is CC(C)=CCCC(C)C/C=C(/C)[N+](=O)[O-]. The van der Waals surface area contributed by atoms with Gasteiger partial charge in [-0.2, -0.15) is 0 Å². The molecule has 86 valence electrons. The molecule has 3 nitrogen and oxygen atoms in total. The van der Waals surface area contributed by atoms with Crippen LogP contribution >= 0.6 is 0 Å². The molecule has 15 heavy (non-hydrogen) atoms. The van der Waals surface area contributed by atoms with Gasteiger partial charge in [-0.15, -0.1) is 0 Å². The summed E-state index contributed by atoms with van der Waals surface area (Å²) >= 11 is 0. The highest BCUT2D eigenvalue weighted by atomic mass is 16.6. The average Bonchev–Trinajstić information content (AvgIpc) is 2.13. The maximum absolute atomic E-state index is 10.3. The zero-order valence-corrected chi connectivity index (χ0v) is 10.1. The highest BCUT2D eigenvalue weighted by Crippen LogP contribution is 2.13. The molecule has 0 saturated heterocycles. The molecule has 3 heteroatoms. The van der Waals surface area contributed by atoms with Gasteiger partial charge in [-0.25, -0.2) is 0 Å². The van der Waals surface area contributed by atoms with Crippen LogP contribution in [0.25, 0.3) is 0 Å². The summed E-state index contributed by atoms with van der Waals surface area (Å²) in [5.74, 6) is 0.510. The highest BCUT2D eigenvalue weighted by molar-refractivity contribution is 4.93. The molecule has 0 rings (SSSR count). The van der Waals surface area contributed by atoms with Crippen LogP contribution in [-0.4, -0.2) is 4.92 Å². The lowest BCUT2D eigenvalue weighted by atomic mass is 10.0. The number of nitrogens with zero attached hydrogens (tertiary/aromatic N) is 1. The van der Waals surface area contributed by atoms with Crippen LogP contribution in [0.15, 0.2) is 23.4 Å². The third-order valence-electron chi connectivity index (χ3n) is 2.32. The van der Waals surface area contributed by atoms with E-state index in [9.17, 15) is 10.1 Å². The van der Waals surface area contributed by atoms with Crippen LogP contribution in [0, 0.1) is 16.0 Å². The number of rotatable bonds is 6. The van der Waals surface area contributed by atoms with Gasteiger partial charge in [-0.1, -0.05) is 18.6 Å². The second-order valence-corrected chi connectivity index (χ2v) is 4.30. The lowest BCUT2D eigenvalue weighted by Crippen LogP contribution is -1.97. The van der Waals surface area contributed by atoms with E-state index in [0.717, 1.165) is 19.3 Å². The number of allylic oxidation sites excluding steroid dienone is 4. The standard InChI is InChI=1S/C12H21NO2/c1-10(2)6-5-7-11(3)8-9-12(4)13(14)15/h6,9,11H,5,7-8H2,1-4H3/b12-9-. The fourth-order valence-electron chi connectivity index (χ4n) is 1.22. The van der Waals surface area contributed by atoms with Gasteiger partial charge in [0.2, 0.25) is 5.70 Å². The van der Waals surface area contributed by atoms with Crippen molar-refractivity contribution < 1.29 is 4.92 Å². The van der Waals surface area contributed by atoms with E-state index >= 15 is 0 Å². The maximum atomic E-state index is 10.3. The molecule has 0 amide bonds. The van der Waals surface area contributed by atoms with Crippen LogP contribution in [0.2, 0.25) is 0 Å². The van der Waals surface area contributed by atoms with Crippen molar-refractivity contribution in [2.45, 2.75) is 47.0 Å². The monoisotopic (exact) mass is 211 g/mol. The molecule has 1 atom stereocenters. The Morgan fingerprint density at radius 1 is 1.33 bits per heavy atom. The molecule has 0 aliphatic heterocycles. The zero-order valence-electron chi connectivity index (χ0n) is 10.1. The zero-order chi connectivity index (χ0) is 11.8. The van der Waals surface area contributed by atoms with Crippen LogP contribution < -0.4 is 0 Å². The highest BCUT2D eigenvalue weighted by Gasteiger charge is 2.04. The van der Waals surface area contributed by atoms with E-state index < -0.39 is 0 Å². The summed E-state index contributed by atoms with van der Waals surface area (Å²) in [6.07, 6.45) is 6.87. The molecule has 0 aromatic heterocycles. The molecule has 0 spiro atoms. The molecule has 0 N–H and O–H groups in total. The van der Waals surface area contributed by atoms with E-state index in [1.165, 1.54) is 5.57 Å². The van der Waals surface area contributed by atoms with Crippen molar-refractivity contribution in [1.82, 2.24) is 0 Å². The Balaban J connectivity index is 3.85. The first-order valence-corrected chi connectivity index (χ1v) is 5.38. The summed E-state index contributed by atoms with van der Waals surface area (Å²) in [6, 6.07) is 0. The Morgan fingerprint density at radius 3 is 2.40 bits per heavy atom. The molecular weight excluding hydrogens is 190 g/mol. The second kappa shape index (κ2) is 7.21. The fraction of sp³-hybridized carbons (Fsp3) is 0.667. The minimum absolute atomic E-state index is 0.254. The van der Waals surface area contributed by atoms with Crippen molar-refractivity contribution in [3.05, 3.63) is 33.5 Å². The minimum Gasteiger partial charge on any atom is -0.259 e. The molecule has 0 aliphatic carbocycles. The number of hydrogen-bond acceptors (Lipinski definition) is 2. The summed E-state index contributed by atoms with van der Waals surface area (Å²) in [5.41, 5.74) is 1.59. The Kier molecular flexibility index (Phi) is 6.67. The Morgan fingerprint density at radius 2 is 1.93 bits per heavy atom. The van der Waals surface area contributed by atoms with Gasteiger partial charge in [0.25, 0.3) is 0 Å². The van der Waals surface area contributed by atoms with Gasteiger partial charge in [0.05, 0.1) is 4.92 Å². The third kappa shape index (κ3) is 7.91. The van der Waals surface area contributed by atoms with Gasteiger partial charge < -0.3 is 0 Å². The molecule has 0 aliphatic rings. The Labute approximate surface area is 92.0 Å². The Bertz CT molecular complexity index is 263. The third-order valence-corrected chi connectivity index (χ3v) is 2.32. The molecular formula is C12H21NO2. The summed E-state index contributed by atoms with van der Waals surface area (Å²) in [5, 5.41) is 10.3. The van der Waals surface area contributed by atoms with Gasteiger partial charge >= 0.3 is 0 Å². The first-order valence-electron chi connectivity index (χ1n) is 5.38. The van der Waals surface area contributed by atoms with Gasteiger partial charge in [0.15, 0.2) is 0 Å². The first-order chi connectivity index (χ1) is 6.93. The number of hydrogen-bond donors (Lipinski definition) is 0. The Hall–Kier alpha value is -1.12. The van der Waals surface area contributed by atoms with Gasteiger partial charge in [-0.3, -0.25) is 10.1 Å². The quantitative estimate of drug-likeness (QED) is 0.379. The lowest BCUT2D eigenvalue weighted by molar-refractivity contribution is -0.424. The number of nitro groups is 1. The topological polar surface area (TPSA) is 43.1 Å². The summed E-state index contributed by atoms with van der Waals surface area (Å²) in [7, 11) is 0. The van der Waals surface area contributed by atoms with Gasteiger partial charge in [0.1, 0.15) is 0 Å². The molecule has 0 aromatic carbocycles.